The molecule has 1 fully saturated rings. The van der Waals surface area contributed by atoms with E-state index in [-0.39, 0.29) is 25.4 Å². The first-order chi connectivity index (χ1) is 11.6. The van der Waals surface area contributed by atoms with E-state index < -0.39 is 35.8 Å². The Bertz CT molecular complexity index is 494. The number of amides is 1. The van der Waals surface area contributed by atoms with E-state index in [1.165, 1.54) is 0 Å². The van der Waals surface area contributed by atoms with Crippen molar-refractivity contribution in [3.8, 4) is 0 Å². The van der Waals surface area contributed by atoms with Crippen LogP contribution >= 0.6 is 0 Å². The van der Waals surface area contributed by atoms with Gasteiger partial charge in [-0.3, -0.25) is 9.59 Å². The summed E-state index contributed by atoms with van der Waals surface area (Å²) in [7, 11) is 0. The Labute approximate surface area is 146 Å². The number of ketones is 1. The standard InChI is InChI=1S/C18H31NO5/c1-6-23-18(22)16-15(24-16)14(20)10-13(9-12(4)5)17(21)19-8-7-11(2)3/h11-13,15-16H,6-10H2,1-5H3,(H,19,21)/t13-,15+,16-/m0/s1/i13D. The fourth-order valence-electron chi connectivity index (χ4n) is 2.41. The van der Waals surface area contributed by atoms with E-state index in [0.717, 1.165) is 6.42 Å². The Morgan fingerprint density at radius 2 is 1.83 bits per heavy atom. The highest BCUT2D eigenvalue weighted by Crippen LogP contribution is 2.28. The third kappa shape index (κ3) is 6.99. The molecule has 0 saturated carbocycles. The fourth-order valence-corrected chi connectivity index (χ4v) is 2.41. The average molecular weight is 342 g/mol. The van der Waals surface area contributed by atoms with Gasteiger partial charge in [0.05, 0.1) is 6.61 Å². The zero-order valence-corrected chi connectivity index (χ0v) is 15.4. The maximum atomic E-state index is 12.5. The molecule has 0 aromatic rings. The summed E-state index contributed by atoms with van der Waals surface area (Å²) in [5, 5.41) is 2.77. The molecular formula is C18H31NO5. The minimum atomic E-state index is -1.55. The topological polar surface area (TPSA) is 85.0 Å². The van der Waals surface area contributed by atoms with Crippen LogP contribution in [0.25, 0.3) is 0 Å². The summed E-state index contributed by atoms with van der Waals surface area (Å²) in [6.45, 7) is 10.3. The molecule has 0 spiro atoms. The Hall–Kier alpha value is -1.43. The van der Waals surface area contributed by atoms with E-state index in [1.54, 1.807) is 6.92 Å². The quantitative estimate of drug-likeness (QED) is 0.459. The number of carbonyl (C=O) groups excluding carboxylic acids is 3. The lowest BCUT2D eigenvalue weighted by molar-refractivity contribution is -0.144. The van der Waals surface area contributed by atoms with Crippen molar-refractivity contribution < 1.29 is 25.2 Å². The number of nitrogens with one attached hydrogen (secondary N) is 1. The minimum Gasteiger partial charge on any atom is -0.464 e. The predicted octanol–water partition coefficient (Wildman–Crippen LogP) is 2.10. The number of esters is 1. The Kier molecular flexibility index (Phi) is 7.69. The lowest BCUT2D eigenvalue weighted by Crippen LogP contribution is -2.35. The van der Waals surface area contributed by atoms with Crippen LogP contribution in [0.2, 0.25) is 0 Å². The highest BCUT2D eigenvalue weighted by atomic mass is 16.6. The molecule has 1 aliphatic heterocycles. The molecule has 1 N–H and O–H groups in total. The van der Waals surface area contributed by atoms with Crippen molar-refractivity contribution in [3.63, 3.8) is 0 Å². The van der Waals surface area contributed by atoms with Gasteiger partial charge < -0.3 is 14.8 Å². The molecule has 1 aliphatic rings. The third-order valence-electron chi connectivity index (χ3n) is 3.70. The monoisotopic (exact) mass is 342 g/mol. The van der Waals surface area contributed by atoms with E-state index >= 15 is 0 Å². The van der Waals surface area contributed by atoms with Crippen LogP contribution in [-0.2, 0) is 23.9 Å². The molecule has 24 heavy (non-hydrogen) atoms. The van der Waals surface area contributed by atoms with Crippen molar-refractivity contribution in [1.29, 1.82) is 0 Å². The van der Waals surface area contributed by atoms with Gasteiger partial charge in [-0.25, -0.2) is 4.79 Å². The molecule has 1 rings (SSSR count). The van der Waals surface area contributed by atoms with E-state index in [4.69, 9.17) is 10.8 Å². The van der Waals surface area contributed by atoms with Crippen molar-refractivity contribution in [2.45, 2.75) is 66.1 Å². The van der Waals surface area contributed by atoms with Crippen LogP contribution in [0.15, 0.2) is 0 Å². The van der Waals surface area contributed by atoms with Crippen molar-refractivity contribution >= 4 is 17.7 Å². The van der Waals surface area contributed by atoms with Gasteiger partial charge in [0, 0.05) is 20.2 Å². The minimum absolute atomic E-state index is 0.0853. The Morgan fingerprint density at radius 3 is 2.38 bits per heavy atom. The normalized spacial score (nSPS) is 22.7. The molecule has 0 radical (unpaired) electrons. The molecule has 0 bridgehead atoms. The first-order valence-electron chi connectivity index (χ1n) is 9.23. The number of carbonyl (C=O) groups is 3. The molecule has 6 nitrogen and oxygen atoms in total. The van der Waals surface area contributed by atoms with Crippen molar-refractivity contribution in [1.82, 2.24) is 5.32 Å². The van der Waals surface area contributed by atoms with Gasteiger partial charge in [-0.15, -0.1) is 0 Å². The fraction of sp³-hybridized carbons (Fsp3) is 0.833. The van der Waals surface area contributed by atoms with Gasteiger partial charge in [0.1, 0.15) is 0 Å². The van der Waals surface area contributed by atoms with Gasteiger partial charge in [0.2, 0.25) is 5.91 Å². The number of ether oxygens (including phenoxy) is 2. The van der Waals surface area contributed by atoms with E-state index in [1.807, 2.05) is 13.8 Å². The molecule has 0 aromatic carbocycles. The smallest absolute Gasteiger partial charge is 0.338 e. The Balaban J connectivity index is 2.67. The Morgan fingerprint density at radius 1 is 1.17 bits per heavy atom. The van der Waals surface area contributed by atoms with Crippen LogP contribution in [0, 0.1) is 17.7 Å². The molecule has 0 aliphatic carbocycles. The van der Waals surface area contributed by atoms with Crippen LogP contribution in [0.3, 0.4) is 0 Å². The van der Waals surface area contributed by atoms with Crippen molar-refractivity contribution in [3.05, 3.63) is 0 Å². The van der Waals surface area contributed by atoms with Crippen LogP contribution in [0.5, 0.6) is 0 Å². The van der Waals surface area contributed by atoms with Gasteiger partial charge >= 0.3 is 5.97 Å². The van der Waals surface area contributed by atoms with Crippen LogP contribution in [-0.4, -0.2) is 43.0 Å². The summed E-state index contributed by atoms with van der Waals surface area (Å²) in [6.07, 6.45) is -0.963. The maximum absolute atomic E-state index is 12.5. The molecule has 1 heterocycles. The molecule has 1 saturated heterocycles. The lowest BCUT2D eigenvalue weighted by Gasteiger charge is -2.18. The van der Waals surface area contributed by atoms with Crippen LogP contribution in [0.1, 0.15) is 55.3 Å². The summed E-state index contributed by atoms with van der Waals surface area (Å²) in [5.41, 5.74) is 0. The maximum Gasteiger partial charge on any atom is 0.338 e. The molecule has 0 aromatic heterocycles. The molecular weight excluding hydrogens is 310 g/mol. The zero-order valence-electron chi connectivity index (χ0n) is 16.4. The van der Waals surface area contributed by atoms with Crippen molar-refractivity contribution in [2.24, 2.45) is 17.7 Å². The second-order valence-corrected chi connectivity index (χ2v) is 7.01. The lowest BCUT2D eigenvalue weighted by atomic mass is 9.90. The predicted molar refractivity (Wildman–Crippen MR) is 90.3 cm³/mol. The molecule has 0 unspecified atom stereocenters. The largest absolute Gasteiger partial charge is 0.464 e. The molecule has 138 valence electrons. The van der Waals surface area contributed by atoms with Gasteiger partial charge in [-0.1, -0.05) is 27.7 Å². The van der Waals surface area contributed by atoms with E-state index in [9.17, 15) is 14.4 Å². The molecule has 3 atom stereocenters. The average Bonchev–Trinajstić information content (AvgIpc) is 3.26. The second kappa shape index (κ2) is 9.77. The summed E-state index contributed by atoms with van der Waals surface area (Å²) in [4.78, 5) is 36.4. The zero-order chi connectivity index (χ0) is 19.2. The van der Waals surface area contributed by atoms with Gasteiger partial charge in [-0.05, 0) is 31.6 Å². The number of hydrogen-bond donors (Lipinski definition) is 1. The van der Waals surface area contributed by atoms with Crippen LogP contribution < -0.4 is 5.32 Å². The highest BCUT2D eigenvalue weighted by Gasteiger charge is 2.51. The number of rotatable bonds is 11. The number of epoxide rings is 1. The number of hydrogen-bond acceptors (Lipinski definition) is 5. The number of Topliss-reactive ketones (excluding diaryl/α,β-unsaturated/α-hetero) is 1. The summed E-state index contributed by atoms with van der Waals surface area (Å²) < 4.78 is 18.5. The van der Waals surface area contributed by atoms with Gasteiger partial charge in [0.25, 0.3) is 0 Å². The molecule has 1 amide bonds. The molecule has 6 heteroatoms. The first-order valence-corrected chi connectivity index (χ1v) is 8.73. The van der Waals surface area contributed by atoms with Crippen LogP contribution in [0.4, 0.5) is 0 Å². The summed E-state index contributed by atoms with van der Waals surface area (Å²) >= 11 is 0. The summed E-state index contributed by atoms with van der Waals surface area (Å²) in [6, 6.07) is 0. The third-order valence-corrected chi connectivity index (χ3v) is 3.70. The van der Waals surface area contributed by atoms with Gasteiger partial charge in [0.15, 0.2) is 18.0 Å². The first kappa shape index (κ1) is 18.9. The summed E-state index contributed by atoms with van der Waals surface area (Å²) in [5.74, 6) is -2.43. The van der Waals surface area contributed by atoms with E-state index in [0.29, 0.717) is 12.5 Å². The van der Waals surface area contributed by atoms with Crippen molar-refractivity contribution in [2.75, 3.05) is 13.2 Å². The second-order valence-electron chi connectivity index (χ2n) is 7.01. The SMILES string of the molecule is [2H][C@@](CC(=O)[C@H]1O[C@@H]1C(=O)OCC)(CC(C)C)C(=O)NCCC(C)C. The van der Waals surface area contributed by atoms with E-state index in [2.05, 4.69) is 19.2 Å². The highest BCUT2D eigenvalue weighted by molar-refractivity contribution is 5.96. The van der Waals surface area contributed by atoms with Gasteiger partial charge in [-0.2, -0.15) is 0 Å².